The van der Waals surface area contributed by atoms with Crippen molar-refractivity contribution in [2.75, 3.05) is 26.7 Å². The predicted octanol–water partition coefficient (Wildman–Crippen LogP) is 1.43. The van der Waals surface area contributed by atoms with Crippen LogP contribution in [0.4, 0.5) is 0 Å². The van der Waals surface area contributed by atoms with Gasteiger partial charge in [-0.1, -0.05) is 0 Å². The van der Waals surface area contributed by atoms with E-state index in [-0.39, 0.29) is 30.7 Å². The van der Waals surface area contributed by atoms with Gasteiger partial charge in [-0.05, 0) is 52.2 Å². The van der Waals surface area contributed by atoms with Crippen LogP contribution in [0.2, 0.25) is 0 Å². The minimum absolute atomic E-state index is 0. The Hall–Kier alpha value is -0.0300. The molecule has 0 spiro atoms. The fraction of sp³-hybridized carbons (Fsp3) is 0.923. The SMILES string of the molecule is CC(CNC(=O)CC1CCNC1)N(C)C1CC1.Cl.Cl. The van der Waals surface area contributed by atoms with Crippen LogP contribution in [0.1, 0.15) is 32.6 Å². The van der Waals surface area contributed by atoms with E-state index in [4.69, 9.17) is 0 Å². The predicted molar refractivity (Wildman–Crippen MR) is 83.3 cm³/mol. The Bertz CT molecular complexity index is 269. The number of carbonyl (C=O) groups is 1. The topological polar surface area (TPSA) is 44.4 Å². The smallest absolute Gasteiger partial charge is 0.220 e. The Labute approximate surface area is 128 Å². The first-order valence-electron chi connectivity index (χ1n) is 6.86. The van der Waals surface area contributed by atoms with E-state index < -0.39 is 0 Å². The van der Waals surface area contributed by atoms with Crippen LogP contribution in [-0.2, 0) is 4.79 Å². The number of carbonyl (C=O) groups excluding carboxylic acids is 1. The molecule has 2 rings (SSSR count). The summed E-state index contributed by atoms with van der Waals surface area (Å²) in [6.45, 7) is 5.05. The molecule has 4 nitrogen and oxygen atoms in total. The lowest BCUT2D eigenvalue weighted by Gasteiger charge is -2.24. The molecule has 1 amide bonds. The number of hydrogen-bond acceptors (Lipinski definition) is 3. The number of nitrogens with one attached hydrogen (secondary N) is 2. The van der Waals surface area contributed by atoms with Crippen molar-refractivity contribution in [1.29, 1.82) is 0 Å². The second kappa shape index (κ2) is 9.01. The van der Waals surface area contributed by atoms with Crippen LogP contribution in [0.15, 0.2) is 0 Å². The highest BCUT2D eigenvalue weighted by Crippen LogP contribution is 2.26. The number of likely N-dealkylation sites (N-methyl/N-ethyl adjacent to an activating group) is 1. The van der Waals surface area contributed by atoms with Crippen LogP contribution in [0.5, 0.6) is 0 Å². The molecule has 2 unspecified atom stereocenters. The molecule has 0 aromatic rings. The van der Waals surface area contributed by atoms with Gasteiger partial charge in [0.15, 0.2) is 0 Å². The van der Waals surface area contributed by atoms with E-state index in [1.54, 1.807) is 0 Å². The monoisotopic (exact) mass is 311 g/mol. The van der Waals surface area contributed by atoms with E-state index in [0.29, 0.717) is 18.4 Å². The van der Waals surface area contributed by atoms with Crippen molar-refractivity contribution < 1.29 is 4.79 Å². The molecule has 2 aliphatic rings. The van der Waals surface area contributed by atoms with E-state index in [1.807, 2.05) is 0 Å². The third-order valence-corrected chi connectivity index (χ3v) is 4.05. The van der Waals surface area contributed by atoms with Crippen LogP contribution in [0.3, 0.4) is 0 Å². The highest BCUT2D eigenvalue weighted by Gasteiger charge is 2.29. The number of amides is 1. The van der Waals surface area contributed by atoms with Gasteiger partial charge in [0.25, 0.3) is 0 Å². The van der Waals surface area contributed by atoms with E-state index in [9.17, 15) is 4.79 Å². The van der Waals surface area contributed by atoms with Crippen molar-refractivity contribution in [3.05, 3.63) is 0 Å². The molecule has 1 heterocycles. The van der Waals surface area contributed by atoms with Gasteiger partial charge in [0.1, 0.15) is 0 Å². The summed E-state index contributed by atoms with van der Waals surface area (Å²) in [5.74, 6) is 0.765. The van der Waals surface area contributed by atoms with E-state index in [1.165, 1.54) is 12.8 Å². The summed E-state index contributed by atoms with van der Waals surface area (Å²) in [6.07, 6.45) is 4.48. The number of hydrogen-bond donors (Lipinski definition) is 2. The molecule has 1 saturated heterocycles. The lowest BCUT2D eigenvalue weighted by atomic mass is 10.0. The molecule has 0 aromatic heterocycles. The summed E-state index contributed by atoms with van der Waals surface area (Å²) in [7, 11) is 2.16. The fourth-order valence-corrected chi connectivity index (χ4v) is 2.47. The first-order chi connectivity index (χ1) is 8.16. The minimum Gasteiger partial charge on any atom is -0.355 e. The van der Waals surface area contributed by atoms with Gasteiger partial charge < -0.3 is 10.6 Å². The van der Waals surface area contributed by atoms with Crippen LogP contribution in [0.25, 0.3) is 0 Å². The number of nitrogens with zero attached hydrogens (tertiary/aromatic N) is 1. The van der Waals surface area contributed by atoms with Gasteiger partial charge in [0.2, 0.25) is 5.91 Å². The van der Waals surface area contributed by atoms with Crippen molar-refractivity contribution in [2.24, 2.45) is 5.92 Å². The van der Waals surface area contributed by atoms with Gasteiger partial charge in [-0.3, -0.25) is 9.69 Å². The van der Waals surface area contributed by atoms with E-state index >= 15 is 0 Å². The Morgan fingerprint density at radius 1 is 1.37 bits per heavy atom. The average molecular weight is 312 g/mol. The molecule has 2 atom stereocenters. The molecular weight excluding hydrogens is 285 g/mol. The maximum Gasteiger partial charge on any atom is 0.220 e. The molecule has 6 heteroatoms. The van der Waals surface area contributed by atoms with Gasteiger partial charge in [-0.25, -0.2) is 0 Å². The largest absolute Gasteiger partial charge is 0.355 e. The normalized spacial score (nSPS) is 23.4. The van der Waals surface area contributed by atoms with E-state index in [0.717, 1.165) is 32.1 Å². The van der Waals surface area contributed by atoms with Crippen LogP contribution < -0.4 is 10.6 Å². The van der Waals surface area contributed by atoms with Gasteiger partial charge in [0, 0.05) is 25.0 Å². The molecular formula is C13H27Cl2N3O. The molecule has 2 N–H and O–H groups in total. The zero-order valence-corrected chi connectivity index (χ0v) is 13.5. The highest BCUT2D eigenvalue weighted by molar-refractivity contribution is 5.85. The Morgan fingerprint density at radius 2 is 2.05 bits per heavy atom. The number of rotatable bonds is 6. The maximum absolute atomic E-state index is 11.8. The van der Waals surface area contributed by atoms with Gasteiger partial charge >= 0.3 is 0 Å². The van der Waals surface area contributed by atoms with Crippen LogP contribution in [0, 0.1) is 5.92 Å². The zero-order valence-electron chi connectivity index (χ0n) is 11.9. The summed E-state index contributed by atoms with van der Waals surface area (Å²) in [4.78, 5) is 14.1. The van der Waals surface area contributed by atoms with Crippen molar-refractivity contribution in [3.8, 4) is 0 Å². The Morgan fingerprint density at radius 3 is 2.58 bits per heavy atom. The summed E-state index contributed by atoms with van der Waals surface area (Å²) in [6, 6.07) is 1.22. The Kier molecular flexibility index (Phi) is 8.99. The molecule has 2 fully saturated rings. The molecule has 0 aromatic carbocycles. The van der Waals surface area contributed by atoms with Crippen LogP contribution in [-0.4, -0.2) is 49.6 Å². The lowest BCUT2D eigenvalue weighted by Crippen LogP contribution is -2.41. The zero-order chi connectivity index (χ0) is 12.3. The third-order valence-electron chi connectivity index (χ3n) is 4.05. The first kappa shape index (κ1) is 19.0. The van der Waals surface area contributed by atoms with Crippen molar-refractivity contribution in [2.45, 2.75) is 44.7 Å². The second-order valence-corrected chi connectivity index (χ2v) is 5.61. The van der Waals surface area contributed by atoms with Crippen molar-refractivity contribution >= 4 is 30.7 Å². The second-order valence-electron chi connectivity index (χ2n) is 5.61. The summed E-state index contributed by atoms with van der Waals surface area (Å²) in [5.41, 5.74) is 0. The molecule has 19 heavy (non-hydrogen) atoms. The van der Waals surface area contributed by atoms with Crippen molar-refractivity contribution in [3.63, 3.8) is 0 Å². The van der Waals surface area contributed by atoms with Crippen molar-refractivity contribution in [1.82, 2.24) is 15.5 Å². The third kappa shape index (κ3) is 6.30. The molecule has 1 aliphatic carbocycles. The molecule has 1 saturated carbocycles. The highest BCUT2D eigenvalue weighted by atomic mass is 35.5. The van der Waals surface area contributed by atoms with Gasteiger partial charge in [-0.15, -0.1) is 24.8 Å². The number of halogens is 2. The minimum atomic E-state index is 0. The van der Waals surface area contributed by atoms with E-state index in [2.05, 4.69) is 29.5 Å². The summed E-state index contributed by atoms with van der Waals surface area (Å²) in [5, 5.41) is 6.36. The molecule has 0 radical (unpaired) electrons. The van der Waals surface area contributed by atoms with Crippen LogP contribution >= 0.6 is 24.8 Å². The molecule has 0 bridgehead atoms. The summed E-state index contributed by atoms with van der Waals surface area (Å²) >= 11 is 0. The standard InChI is InChI=1S/C13H25N3O.2ClH/c1-10(16(2)12-3-4-12)8-15-13(17)7-11-5-6-14-9-11;;/h10-12,14H,3-9H2,1-2H3,(H,15,17);2*1H. The molecule has 1 aliphatic heterocycles. The Balaban J connectivity index is 0.00000162. The maximum atomic E-state index is 11.8. The molecule has 114 valence electrons. The van der Waals surface area contributed by atoms with Gasteiger partial charge in [0.05, 0.1) is 0 Å². The van der Waals surface area contributed by atoms with Gasteiger partial charge in [-0.2, -0.15) is 0 Å². The average Bonchev–Trinajstić information content (AvgIpc) is 3.05. The lowest BCUT2D eigenvalue weighted by molar-refractivity contribution is -0.122. The fourth-order valence-electron chi connectivity index (χ4n) is 2.47. The quantitative estimate of drug-likeness (QED) is 0.780. The summed E-state index contributed by atoms with van der Waals surface area (Å²) < 4.78 is 0. The first-order valence-corrected chi connectivity index (χ1v) is 6.86.